The molecule has 2 aromatic rings. The first-order valence-corrected chi connectivity index (χ1v) is 7.07. The van der Waals surface area contributed by atoms with Crippen LogP contribution in [-0.2, 0) is 13.1 Å². The number of nitrogens with zero attached hydrogens (tertiary/aromatic N) is 1. The molecule has 0 bridgehead atoms. The third-order valence-corrected chi connectivity index (χ3v) is 3.45. The SMILES string of the molecule is Fc1ccc(CNc2ccc(CNC3CC3)cn2)cc1F. The molecular weight excluding hydrogens is 272 g/mol. The van der Waals surface area contributed by atoms with Gasteiger partial charge in [0.15, 0.2) is 11.6 Å². The second kappa shape index (κ2) is 6.18. The van der Waals surface area contributed by atoms with E-state index in [1.54, 1.807) is 6.07 Å². The summed E-state index contributed by atoms with van der Waals surface area (Å²) >= 11 is 0. The molecule has 1 fully saturated rings. The van der Waals surface area contributed by atoms with E-state index in [9.17, 15) is 8.78 Å². The summed E-state index contributed by atoms with van der Waals surface area (Å²) in [5, 5.41) is 6.52. The molecule has 3 rings (SSSR count). The Morgan fingerprint density at radius 3 is 2.48 bits per heavy atom. The molecule has 0 unspecified atom stereocenters. The second-order valence-corrected chi connectivity index (χ2v) is 5.31. The van der Waals surface area contributed by atoms with Crippen molar-refractivity contribution in [1.29, 1.82) is 0 Å². The molecule has 1 aromatic carbocycles. The van der Waals surface area contributed by atoms with Crippen molar-refractivity contribution in [2.24, 2.45) is 0 Å². The summed E-state index contributed by atoms with van der Waals surface area (Å²) in [5.74, 6) is -0.942. The molecule has 1 heterocycles. The Balaban J connectivity index is 1.53. The first-order valence-electron chi connectivity index (χ1n) is 7.07. The van der Waals surface area contributed by atoms with E-state index in [2.05, 4.69) is 15.6 Å². The van der Waals surface area contributed by atoms with E-state index in [0.717, 1.165) is 24.0 Å². The number of rotatable bonds is 6. The van der Waals surface area contributed by atoms with Crippen LogP contribution in [0.15, 0.2) is 36.5 Å². The number of pyridine rings is 1. The highest BCUT2D eigenvalue weighted by Crippen LogP contribution is 2.19. The van der Waals surface area contributed by atoms with Crippen LogP contribution in [0.3, 0.4) is 0 Å². The fourth-order valence-corrected chi connectivity index (χ4v) is 2.03. The van der Waals surface area contributed by atoms with Crippen LogP contribution in [0.5, 0.6) is 0 Å². The van der Waals surface area contributed by atoms with Gasteiger partial charge in [0, 0.05) is 25.3 Å². The van der Waals surface area contributed by atoms with Crippen molar-refractivity contribution in [2.75, 3.05) is 5.32 Å². The lowest BCUT2D eigenvalue weighted by molar-refractivity contribution is 0.507. The average Bonchev–Trinajstić information content (AvgIpc) is 3.32. The Bertz CT molecular complexity index is 609. The number of hydrogen-bond acceptors (Lipinski definition) is 3. The van der Waals surface area contributed by atoms with Crippen LogP contribution in [0.4, 0.5) is 14.6 Å². The van der Waals surface area contributed by atoms with E-state index in [-0.39, 0.29) is 0 Å². The first kappa shape index (κ1) is 13.9. The molecule has 0 atom stereocenters. The molecular formula is C16H17F2N3. The largest absolute Gasteiger partial charge is 0.366 e. The average molecular weight is 289 g/mol. The molecule has 1 saturated carbocycles. The van der Waals surface area contributed by atoms with E-state index in [4.69, 9.17) is 0 Å². The van der Waals surface area contributed by atoms with Gasteiger partial charge in [0.05, 0.1) is 0 Å². The maximum absolute atomic E-state index is 13.1. The minimum atomic E-state index is -0.830. The minimum absolute atomic E-state index is 0.407. The summed E-state index contributed by atoms with van der Waals surface area (Å²) in [7, 11) is 0. The van der Waals surface area contributed by atoms with Crippen LogP contribution < -0.4 is 10.6 Å². The van der Waals surface area contributed by atoms with E-state index < -0.39 is 11.6 Å². The van der Waals surface area contributed by atoms with Crippen LogP contribution in [0, 0.1) is 11.6 Å². The summed E-state index contributed by atoms with van der Waals surface area (Å²) in [6.07, 6.45) is 4.35. The predicted molar refractivity (Wildman–Crippen MR) is 77.8 cm³/mol. The predicted octanol–water partition coefficient (Wildman–Crippen LogP) is 3.22. The number of hydrogen-bond donors (Lipinski definition) is 2. The van der Waals surface area contributed by atoms with Gasteiger partial charge in [0.25, 0.3) is 0 Å². The van der Waals surface area contributed by atoms with Gasteiger partial charge < -0.3 is 10.6 Å². The summed E-state index contributed by atoms with van der Waals surface area (Å²) in [6, 6.07) is 8.46. The summed E-state index contributed by atoms with van der Waals surface area (Å²) in [6.45, 7) is 1.24. The van der Waals surface area contributed by atoms with Crippen LogP contribution in [-0.4, -0.2) is 11.0 Å². The maximum Gasteiger partial charge on any atom is 0.159 e. The van der Waals surface area contributed by atoms with Crippen LogP contribution in [0.2, 0.25) is 0 Å². The van der Waals surface area contributed by atoms with Crippen molar-refractivity contribution in [3.63, 3.8) is 0 Å². The minimum Gasteiger partial charge on any atom is -0.366 e. The quantitative estimate of drug-likeness (QED) is 0.857. The second-order valence-electron chi connectivity index (χ2n) is 5.31. The zero-order valence-electron chi connectivity index (χ0n) is 11.6. The molecule has 2 N–H and O–H groups in total. The first-order chi connectivity index (χ1) is 10.2. The Labute approximate surface area is 122 Å². The van der Waals surface area contributed by atoms with Crippen LogP contribution in [0.25, 0.3) is 0 Å². The number of nitrogens with one attached hydrogen (secondary N) is 2. The maximum atomic E-state index is 13.1. The number of benzene rings is 1. The van der Waals surface area contributed by atoms with Gasteiger partial charge in [0.2, 0.25) is 0 Å². The Kier molecular flexibility index (Phi) is 4.10. The van der Waals surface area contributed by atoms with Gasteiger partial charge in [-0.3, -0.25) is 0 Å². The molecule has 0 radical (unpaired) electrons. The molecule has 21 heavy (non-hydrogen) atoms. The lowest BCUT2D eigenvalue weighted by atomic mass is 10.2. The molecule has 0 amide bonds. The lowest BCUT2D eigenvalue weighted by Gasteiger charge is -2.07. The van der Waals surface area contributed by atoms with Crippen molar-refractivity contribution >= 4 is 5.82 Å². The van der Waals surface area contributed by atoms with Crippen molar-refractivity contribution in [1.82, 2.24) is 10.3 Å². The van der Waals surface area contributed by atoms with Gasteiger partial charge in [0.1, 0.15) is 5.82 Å². The van der Waals surface area contributed by atoms with E-state index in [1.807, 2.05) is 18.3 Å². The molecule has 1 aromatic heterocycles. The molecule has 0 saturated heterocycles. The Hall–Kier alpha value is -2.01. The summed E-state index contributed by atoms with van der Waals surface area (Å²) < 4.78 is 25.9. The number of anilines is 1. The van der Waals surface area contributed by atoms with Crippen molar-refractivity contribution in [3.05, 3.63) is 59.3 Å². The highest BCUT2D eigenvalue weighted by molar-refractivity contribution is 5.36. The monoisotopic (exact) mass is 289 g/mol. The zero-order chi connectivity index (χ0) is 14.7. The third-order valence-electron chi connectivity index (χ3n) is 3.45. The van der Waals surface area contributed by atoms with E-state index in [1.165, 1.54) is 18.9 Å². The molecule has 110 valence electrons. The molecule has 3 nitrogen and oxygen atoms in total. The highest BCUT2D eigenvalue weighted by Gasteiger charge is 2.19. The fourth-order valence-electron chi connectivity index (χ4n) is 2.03. The smallest absolute Gasteiger partial charge is 0.159 e. The topological polar surface area (TPSA) is 37.0 Å². The van der Waals surface area contributed by atoms with Crippen LogP contribution in [0.1, 0.15) is 24.0 Å². The Morgan fingerprint density at radius 1 is 1.00 bits per heavy atom. The van der Waals surface area contributed by atoms with Crippen LogP contribution >= 0.6 is 0 Å². The molecule has 0 spiro atoms. The van der Waals surface area contributed by atoms with Gasteiger partial charge in [-0.05, 0) is 42.2 Å². The van der Waals surface area contributed by atoms with Gasteiger partial charge >= 0.3 is 0 Å². The lowest BCUT2D eigenvalue weighted by Crippen LogP contribution is -2.15. The zero-order valence-corrected chi connectivity index (χ0v) is 11.6. The van der Waals surface area contributed by atoms with E-state index >= 15 is 0 Å². The Morgan fingerprint density at radius 2 is 1.81 bits per heavy atom. The fraction of sp³-hybridized carbons (Fsp3) is 0.312. The number of aromatic nitrogens is 1. The standard InChI is InChI=1S/C16H17F2N3/c17-14-5-1-11(7-15(14)18)8-20-16-6-2-12(10-21-16)9-19-13-3-4-13/h1-2,5-7,10,13,19H,3-4,8-9H2,(H,20,21). The molecule has 1 aliphatic carbocycles. The number of halogens is 2. The molecule has 0 aliphatic heterocycles. The van der Waals surface area contributed by atoms with Crippen molar-refractivity contribution < 1.29 is 8.78 Å². The van der Waals surface area contributed by atoms with Gasteiger partial charge in [-0.15, -0.1) is 0 Å². The molecule has 5 heteroatoms. The van der Waals surface area contributed by atoms with Gasteiger partial charge in [-0.25, -0.2) is 13.8 Å². The summed E-state index contributed by atoms with van der Waals surface area (Å²) in [5.41, 5.74) is 1.82. The third kappa shape index (κ3) is 3.98. The highest BCUT2D eigenvalue weighted by atomic mass is 19.2. The van der Waals surface area contributed by atoms with E-state index in [0.29, 0.717) is 18.2 Å². The normalized spacial score (nSPS) is 14.2. The van der Waals surface area contributed by atoms with Crippen molar-refractivity contribution in [2.45, 2.75) is 32.0 Å². The van der Waals surface area contributed by atoms with Gasteiger partial charge in [-0.2, -0.15) is 0 Å². The summed E-state index contributed by atoms with van der Waals surface area (Å²) in [4.78, 5) is 4.31. The van der Waals surface area contributed by atoms with Crippen molar-refractivity contribution in [3.8, 4) is 0 Å². The van der Waals surface area contributed by atoms with Gasteiger partial charge in [-0.1, -0.05) is 12.1 Å². The molecule has 1 aliphatic rings.